The molecule has 2 aliphatic rings. The van der Waals surface area contributed by atoms with Gasteiger partial charge in [-0.05, 0) is 25.3 Å². The van der Waals surface area contributed by atoms with Crippen LogP contribution in [-0.4, -0.2) is 66.6 Å². The molecule has 0 atom stereocenters. The highest BCUT2D eigenvalue weighted by molar-refractivity contribution is 5.84. The highest BCUT2D eigenvalue weighted by Crippen LogP contribution is 2.42. The quantitative estimate of drug-likeness (QED) is 0.869. The summed E-state index contributed by atoms with van der Waals surface area (Å²) in [5.74, 6) is 0.329. The molecule has 1 aromatic rings. The standard InChI is InChI=1S/C20H28N2O4/c1-26-15-20(8-4-9-20)19(25)22-11-5-10-21(12-13-22)18(24)14-16-6-2-3-7-17(16)23/h2-3,6-7,23H,4-5,8-15H2,1H3. The molecule has 0 bridgehead atoms. The number of hydrogen-bond donors (Lipinski definition) is 1. The van der Waals surface area contributed by atoms with E-state index in [1.807, 2.05) is 15.9 Å². The van der Waals surface area contributed by atoms with Gasteiger partial charge in [0.15, 0.2) is 0 Å². The fourth-order valence-electron chi connectivity index (χ4n) is 3.94. The first-order valence-electron chi connectivity index (χ1n) is 9.39. The predicted octanol–water partition coefficient (Wildman–Crippen LogP) is 1.81. The smallest absolute Gasteiger partial charge is 0.231 e. The second kappa shape index (κ2) is 8.08. The number of rotatable bonds is 5. The molecule has 26 heavy (non-hydrogen) atoms. The van der Waals surface area contributed by atoms with Gasteiger partial charge >= 0.3 is 0 Å². The maximum atomic E-state index is 13.0. The molecule has 142 valence electrons. The number of carbonyl (C=O) groups is 2. The first-order chi connectivity index (χ1) is 12.6. The number of aromatic hydroxyl groups is 1. The molecule has 0 radical (unpaired) electrons. The Morgan fingerprint density at radius 3 is 2.42 bits per heavy atom. The van der Waals surface area contributed by atoms with Gasteiger partial charge in [0.25, 0.3) is 0 Å². The van der Waals surface area contributed by atoms with Crippen molar-refractivity contribution in [3.63, 3.8) is 0 Å². The van der Waals surface area contributed by atoms with E-state index in [-0.39, 0.29) is 29.4 Å². The van der Waals surface area contributed by atoms with Crippen molar-refractivity contribution in [2.24, 2.45) is 5.41 Å². The number of methoxy groups -OCH3 is 1. The van der Waals surface area contributed by atoms with Crippen molar-refractivity contribution in [1.29, 1.82) is 0 Å². The number of ether oxygens (including phenoxy) is 1. The molecule has 1 saturated carbocycles. The molecule has 1 N–H and O–H groups in total. The minimum Gasteiger partial charge on any atom is -0.508 e. The molecular weight excluding hydrogens is 332 g/mol. The molecular formula is C20H28N2O4. The van der Waals surface area contributed by atoms with Gasteiger partial charge in [-0.25, -0.2) is 0 Å². The maximum Gasteiger partial charge on any atom is 0.231 e. The lowest BCUT2D eigenvalue weighted by atomic mass is 9.68. The Labute approximate surface area is 154 Å². The van der Waals surface area contributed by atoms with Crippen LogP contribution in [0.5, 0.6) is 5.75 Å². The lowest BCUT2D eigenvalue weighted by Crippen LogP contribution is -2.51. The molecule has 3 rings (SSSR count). The van der Waals surface area contributed by atoms with Crippen LogP contribution in [-0.2, 0) is 20.7 Å². The topological polar surface area (TPSA) is 70.1 Å². The molecule has 6 heteroatoms. The molecule has 1 aliphatic carbocycles. The number of carbonyl (C=O) groups excluding carboxylic acids is 2. The zero-order chi connectivity index (χ0) is 18.6. The molecule has 1 aliphatic heterocycles. The van der Waals surface area contributed by atoms with E-state index in [1.165, 1.54) is 0 Å². The van der Waals surface area contributed by atoms with Crippen molar-refractivity contribution in [3.8, 4) is 5.75 Å². The van der Waals surface area contributed by atoms with Gasteiger partial charge in [-0.1, -0.05) is 24.6 Å². The average Bonchev–Trinajstić information content (AvgIpc) is 2.86. The highest BCUT2D eigenvalue weighted by Gasteiger charge is 2.46. The van der Waals surface area contributed by atoms with Crippen molar-refractivity contribution in [3.05, 3.63) is 29.8 Å². The van der Waals surface area contributed by atoms with Crippen LogP contribution in [0.1, 0.15) is 31.2 Å². The maximum absolute atomic E-state index is 13.0. The van der Waals surface area contributed by atoms with Crippen LogP contribution in [0.25, 0.3) is 0 Å². The number of amides is 2. The van der Waals surface area contributed by atoms with Crippen molar-refractivity contribution in [2.45, 2.75) is 32.1 Å². The van der Waals surface area contributed by atoms with Gasteiger partial charge in [0, 0.05) is 38.9 Å². The van der Waals surface area contributed by atoms with Gasteiger partial charge in [0.1, 0.15) is 5.75 Å². The number of para-hydroxylation sites is 1. The van der Waals surface area contributed by atoms with Gasteiger partial charge in [0.2, 0.25) is 11.8 Å². The van der Waals surface area contributed by atoms with E-state index < -0.39 is 0 Å². The van der Waals surface area contributed by atoms with Gasteiger partial charge in [0.05, 0.1) is 18.4 Å². The third-order valence-electron chi connectivity index (χ3n) is 5.65. The van der Waals surface area contributed by atoms with E-state index in [1.54, 1.807) is 25.3 Å². The second-order valence-electron chi connectivity index (χ2n) is 7.40. The minimum absolute atomic E-state index is 0.00366. The Morgan fingerprint density at radius 1 is 1.08 bits per heavy atom. The van der Waals surface area contributed by atoms with E-state index >= 15 is 0 Å². The summed E-state index contributed by atoms with van der Waals surface area (Å²) in [4.78, 5) is 29.3. The Hall–Kier alpha value is -2.08. The first kappa shape index (κ1) is 18.7. The monoisotopic (exact) mass is 360 g/mol. The van der Waals surface area contributed by atoms with E-state index in [0.717, 1.165) is 25.7 Å². The van der Waals surface area contributed by atoms with Crippen LogP contribution < -0.4 is 0 Å². The van der Waals surface area contributed by atoms with Crippen molar-refractivity contribution < 1.29 is 19.4 Å². The molecule has 6 nitrogen and oxygen atoms in total. The van der Waals surface area contributed by atoms with Gasteiger partial charge in [-0.2, -0.15) is 0 Å². The summed E-state index contributed by atoms with van der Waals surface area (Å²) in [6, 6.07) is 6.93. The van der Waals surface area contributed by atoms with Crippen molar-refractivity contribution in [2.75, 3.05) is 39.9 Å². The second-order valence-corrected chi connectivity index (χ2v) is 7.40. The first-order valence-corrected chi connectivity index (χ1v) is 9.39. The van der Waals surface area contributed by atoms with Crippen molar-refractivity contribution >= 4 is 11.8 Å². The van der Waals surface area contributed by atoms with E-state index in [2.05, 4.69) is 0 Å². The van der Waals surface area contributed by atoms with Gasteiger partial charge in [-0.15, -0.1) is 0 Å². The Bertz CT molecular complexity index is 657. The third kappa shape index (κ3) is 3.85. The summed E-state index contributed by atoms with van der Waals surface area (Å²) < 4.78 is 5.29. The zero-order valence-electron chi connectivity index (χ0n) is 15.4. The molecule has 1 saturated heterocycles. The Kier molecular flexibility index (Phi) is 5.81. The van der Waals surface area contributed by atoms with E-state index in [4.69, 9.17) is 4.74 Å². The van der Waals surface area contributed by atoms with E-state index in [9.17, 15) is 14.7 Å². The fourth-order valence-corrected chi connectivity index (χ4v) is 3.94. The molecule has 2 amide bonds. The van der Waals surface area contributed by atoms with Crippen LogP contribution >= 0.6 is 0 Å². The van der Waals surface area contributed by atoms with Crippen molar-refractivity contribution in [1.82, 2.24) is 9.80 Å². The number of nitrogens with zero attached hydrogens (tertiary/aromatic N) is 2. The predicted molar refractivity (Wildman–Crippen MR) is 97.7 cm³/mol. The zero-order valence-corrected chi connectivity index (χ0v) is 15.4. The summed E-state index contributed by atoms with van der Waals surface area (Å²) in [5, 5.41) is 9.87. The van der Waals surface area contributed by atoms with Crippen LogP contribution in [0.2, 0.25) is 0 Å². The van der Waals surface area contributed by atoms with Crippen LogP contribution in [0.3, 0.4) is 0 Å². The summed E-state index contributed by atoms with van der Waals surface area (Å²) in [7, 11) is 1.65. The summed E-state index contributed by atoms with van der Waals surface area (Å²) in [6.07, 6.45) is 3.84. The molecule has 1 aromatic carbocycles. The minimum atomic E-state index is -0.343. The lowest BCUT2D eigenvalue weighted by Gasteiger charge is -2.42. The fraction of sp³-hybridized carbons (Fsp3) is 0.600. The molecule has 0 aromatic heterocycles. The van der Waals surface area contributed by atoms with Crippen LogP contribution in [0.15, 0.2) is 24.3 Å². The summed E-state index contributed by atoms with van der Waals surface area (Å²) in [6.45, 7) is 2.93. The highest BCUT2D eigenvalue weighted by atomic mass is 16.5. The Morgan fingerprint density at radius 2 is 1.77 bits per heavy atom. The molecule has 0 unspecified atom stereocenters. The average molecular weight is 360 g/mol. The third-order valence-corrected chi connectivity index (χ3v) is 5.65. The number of phenols is 1. The van der Waals surface area contributed by atoms with Gasteiger partial charge < -0.3 is 19.6 Å². The summed E-state index contributed by atoms with van der Waals surface area (Å²) in [5.41, 5.74) is 0.298. The normalized spacial score (nSPS) is 19.6. The van der Waals surface area contributed by atoms with E-state index in [0.29, 0.717) is 38.3 Å². The number of phenolic OH excluding ortho intramolecular Hbond substituents is 1. The van der Waals surface area contributed by atoms with Crippen LogP contribution in [0, 0.1) is 5.41 Å². The lowest BCUT2D eigenvalue weighted by molar-refractivity contribution is -0.152. The summed E-state index contributed by atoms with van der Waals surface area (Å²) >= 11 is 0. The molecule has 0 spiro atoms. The number of hydrogen-bond acceptors (Lipinski definition) is 4. The molecule has 1 heterocycles. The SMILES string of the molecule is COCC1(C(=O)N2CCCN(C(=O)Cc3ccccc3O)CC2)CCC1. The largest absolute Gasteiger partial charge is 0.508 e. The molecule has 2 fully saturated rings. The number of benzene rings is 1. The van der Waals surface area contributed by atoms with Gasteiger partial charge in [-0.3, -0.25) is 9.59 Å². The Balaban J connectivity index is 1.58. The van der Waals surface area contributed by atoms with Crippen LogP contribution in [0.4, 0.5) is 0 Å².